The minimum absolute atomic E-state index is 0.105. The van der Waals surface area contributed by atoms with Gasteiger partial charge >= 0.3 is 0 Å². The molecule has 31 heavy (non-hydrogen) atoms. The van der Waals surface area contributed by atoms with E-state index in [1.165, 1.54) is 23.8 Å². The normalized spacial score (nSPS) is 11.9. The standard InChI is InChI=1S/C24H23N3O3S/c1-16(28)25-18-15-17(11-12-21(18)30-2)26-24(29)13-14-27-19-7-3-5-9-22(19)31-23-10-6-4-8-20(23)27/h3-12,15H,13-14H2,1-2H3,(H,25,28)(H,26,29). The Balaban J connectivity index is 1.48. The number of methoxy groups -OCH3 is 1. The fourth-order valence-electron chi connectivity index (χ4n) is 3.53. The van der Waals surface area contributed by atoms with Crippen LogP contribution in [0.4, 0.5) is 22.7 Å². The number of carbonyl (C=O) groups is 2. The summed E-state index contributed by atoms with van der Waals surface area (Å²) in [6.45, 7) is 1.98. The summed E-state index contributed by atoms with van der Waals surface area (Å²) in [5, 5.41) is 5.63. The molecule has 4 rings (SSSR count). The van der Waals surface area contributed by atoms with Gasteiger partial charge in [0, 0.05) is 35.4 Å². The monoisotopic (exact) mass is 433 g/mol. The third kappa shape index (κ3) is 4.67. The minimum atomic E-state index is -0.206. The highest BCUT2D eigenvalue weighted by Crippen LogP contribution is 2.47. The van der Waals surface area contributed by atoms with Crippen molar-refractivity contribution in [2.45, 2.75) is 23.1 Å². The van der Waals surface area contributed by atoms with Crippen LogP contribution in [0.2, 0.25) is 0 Å². The van der Waals surface area contributed by atoms with Crippen LogP contribution in [-0.2, 0) is 9.59 Å². The van der Waals surface area contributed by atoms with Crippen molar-refractivity contribution in [1.29, 1.82) is 0 Å². The molecule has 0 saturated carbocycles. The Kier molecular flexibility index (Phi) is 6.13. The number of nitrogens with zero attached hydrogens (tertiary/aromatic N) is 1. The van der Waals surface area contributed by atoms with Crippen LogP contribution in [-0.4, -0.2) is 25.5 Å². The van der Waals surface area contributed by atoms with Crippen LogP contribution >= 0.6 is 11.8 Å². The molecule has 0 unspecified atom stereocenters. The summed E-state index contributed by atoms with van der Waals surface area (Å²) >= 11 is 1.74. The maximum atomic E-state index is 12.7. The van der Waals surface area contributed by atoms with Gasteiger partial charge in [-0.05, 0) is 42.5 Å². The van der Waals surface area contributed by atoms with Gasteiger partial charge in [0.25, 0.3) is 0 Å². The van der Waals surface area contributed by atoms with Crippen LogP contribution in [0.3, 0.4) is 0 Å². The van der Waals surface area contributed by atoms with Crippen molar-refractivity contribution in [3.8, 4) is 5.75 Å². The number of fused-ring (bicyclic) bond motifs is 2. The maximum Gasteiger partial charge on any atom is 0.226 e. The molecule has 7 heteroatoms. The Morgan fingerprint density at radius 1 is 0.935 bits per heavy atom. The zero-order valence-corrected chi connectivity index (χ0v) is 18.2. The second-order valence-electron chi connectivity index (χ2n) is 7.08. The Hall–Kier alpha value is -3.45. The average molecular weight is 434 g/mol. The molecule has 1 aliphatic rings. The molecular weight excluding hydrogens is 410 g/mol. The number of hydrogen-bond acceptors (Lipinski definition) is 5. The molecule has 3 aromatic rings. The zero-order valence-electron chi connectivity index (χ0n) is 17.3. The Morgan fingerprint density at radius 3 is 2.19 bits per heavy atom. The van der Waals surface area contributed by atoms with Gasteiger partial charge in [-0.3, -0.25) is 9.59 Å². The first-order valence-electron chi connectivity index (χ1n) is 9.94. The molecule has 0 bridgehead atoms. The van der Waals surface area contributed by atoms with Crippen LogP contribution in [0.1, 0.15) is 13.3 Å². The lowest BCUT2D eigenvalue weighted by Crippen LogP contribution is -2.25. The van der Waals surface area contributed by atoms with E-state index in [0.717, 1.165) is 11.4 Å². The van der Waals surface area contributed by atoms with Crippen molar-refractivity contribution in [2.75, 3.05) is 29.2 Å². The number of rotatable bonds is 6. The van der Waals surface area contributed by atoms with Gasteiger partial charge in [-0.25, -0.2) is 0 Å². The first kappa shape index (κ1) is 20.8. The predicted octanol–water partition coefficient (Wildman–Crippen LogP) is 5.29. The summed E-state index contributed by atoms with van der Waals surface area (Å²) in [5.41, 5.74) is 3.33. The molecule has 2 amide bonds. The smallest absolute Gasteiger partial charge is 0.226 e. The van der Waals surface area contributed by atoms with Crippen molar-refractivity contribution in [1.82, 2.24) is 0 Å². The van der Waals surface area contributed by atoms with Gasteiger partial charge in [0.1, 0.15) is 5.75 Å². The number of benzene rings is 3. The number of para-hydroxylation sites is 2. The predicted molar refractivity (Wildman–Crippen MR) is 125 cm³/mol. The molecular formula is C24H23N3O3S. The summed E-state index contributed by atoms with van der Waals surface area (Å²) in [5.74, 6) is 0.224. The molecule has 0 radical (unpaired) electrons. The molecule has 158 valence electrons. The van der Waals surface area contributed by atoms with Crippen molar-refractivity contribution >= 4 is 46.3 Å². The lowest BCUT2D eigenvalue weighted by Gasteiger charge is -2.32. The SMILES string of the molecule is COc1ccc(NC(=O)CCN2c3ccccc3Sc3ccccc32)cc1NC(C)=O. The third-order valence-corrected chi connectivity index (χ3v) is 6.02. The van der Waals surface area contributed by atoms with Crippen molar-refractivity contribution in [3.05, 3.63) is 66.7 Å². The topological polar surface area (TPSA) is 70.7 Å². The van der Waals surface area contributed by atoms with Crippen molar-refractivity contribution < 1.29 is 14.3 Å². The summed E-state index contributed by atoms with van der Waals surface area (Å²) < 4.78 is 5.26. The van der Waals surface area contributed by atoms with E-state index >= 15 is 0 Å². The van der Waals surface area contributed by atoms with Gasteiger partial charge in [0.2, 0.25) is 11.8 Å². The molecule has 1 heterocycles. The van der Waals surface area contributed by atoms with E-state index in [1.807, 2.05) is 24.3 Å². The summed E-state index contributed by atoms with van der Waals surface area (Å²) in [4.78, 5) is 28.7. The quantitative estimate of drug-likeness (QED) is 0.553. The largest absolute Gasteiger partial charge is 0.495 e. The van der Waals surface area contributed by atoms with E-state index in [2.05, 4.69) is 39.8 Å². The number of carbonyl (C=O) groups excluding carboxylic acids is 2. The van der Waals surface area contributed by atoms with E-state index in [9.17, 15) is 9.59 Å². The van der Waals surface area contributed by atoms with Gasteiger partial charge in [-0.1, -0.05) is 36.0 Å². The second kappa shape index (κ2) is 9.14. The molecule has 0 saturated heterocycles. The molecule has 1 aliphatic heterocycles. The number of nitrogens with one attached hydrogen (secondary N) is 2. The summed E-state index contributed by atoms with van der Waals surface area (Å²) in [6.07, 6.45) is 0.314. The van der Waals surface area contributed by atoms with Crippen molar-refractivity contribution in [3.63, 3.8) is 0 Å². The molecule has 0 fully saturated rings. The average Bonchev–Trinajstić information content (AvgIpc) is 2.76. The van der Waals surface area contributed by atoms with Gasteiger partial charge in [0.05, 0.1) is 24.2 Å². The first-order chi connectivity index (χ1) is 15.0. The van der Waals surface area contributed by atoms with Crippen LogP contribution in [0.15, 0.2) is 76.5 Å². The lowest BCUT2D eigenvalue weighted by molar-refractivity contribution is -0.116. The highest BCUT2D eigenvalue weighted by atomic mass is 32.2. The number of anilines is 4. The molecule has 6 nitrogen and oxygen atoms in total. The van der Waals surface area contributed by atoms with E-state index in [4.69, 9.17) is 4.74 Å². The Labute approximate surface area is 185 Å². The van der Waals surface area contributed by atoms with E-state index in [1.54, 1.807) is 30.0 Å². The van der Waals surface area contributed by atoms with Gasteiger partial charge < -0.3 is 20.3 Å². The van der Waals surface area contributed by atoms with Gasteiger partial charge in [0.15, 0.2) is 0 Å². The second-order valence-corrected chi connectivity index (χ2v) is 8.17. The van der Waals surface area contributed by atoms with Crippen LogP contribution < -0.4 is 20.3 Å². The first-order valence-corrected chi connectivity index (χ1v) is 10.8. The number of ether oxygens (including phenoxy) is 1. The van der Waals surface area contributed by atoms with Gasteiger partial charge in [-0.15, -0.1) is 0 Å². The maximum absolute atomic E-state index is 12.7. The van der Waals surface area contributed by atoms with Crippen LogP contribution in [0.5, 0.6) is 5.75 Å². The number of hydrogen-bond donors (Lipinski definition) is 2. The van der Waals surface area contributed by atoms with Crippen molar-refractivity contribution in [2.24, 2.45) is 0 Å². The molecule has 0 spiro atoms. The zero-order chi connectivity index (χ0) is 21.8. The molecule has 3 aromatic carbocycles. The highest BCUT2D eigenvalue weighted by Gasteiger charge is 2.23. The Bertz CT molecular complexity index is 1090. The minimum Gasteiger partial charge on any atom is -0.495 e. The fourth-order valence-corrected chi connectivity index (χ4v) is 4.63. The fraction of sp³-hybridized carbons (Fsp3) is 0.167. The molecule has 2 N–H and O–H groups in total. The molecule has 0 atom stereocenters. The summed E-state index contributed by atoms with van der Waals surface area (Å²) in [7, 11) is 1.53. The molecule has 0 aliphatic carbocycles. The van der Waals surface area contributed by atoms with E-state index in [0.29, 0.717) is 30.1 Å². The number of amides is 2. The summed E-state index contributed by atoms with van der Waals surface area (Å²) in [6, 6.07) is 21.6. The van der Waals surface area contributed by atoms with E-state index in [-0.39, 0.29) is 11.8 Å². The van der Waals surface area contributed by atoms with Crippen LogP contribution in [0, 0.1) is 0 Å². The third-order valence-electron chi connectivity index (χ3n) is 4.89. The van der Waals surface area contributed by atoms with Gasteiger partial charge in [-0.2, -0.15) is 0 Å². The van der Waals surface area contributed by atoms with E-state index < -0.39 is 0 Å². The lowest BCUT2D eigenvalue weighted by atomic mass is 10.2. The molecule has 0 aromatic heterocycles. The highest BCUT2D eigenvalue weighted by molar-refractivity contribution is 7.99. The van der Waals surface area contributed by atoms with Crippen LogP contribution in [0.25, 0.3) is 0 Å². The Morgan fingerprint density at radius 2 is 1.58 bits per heavy atom.